The number of hydrogen-bond donors (Lipinski definition) is 2. The van der Waals surface area contributed by atoms with Crippen molar-refractivity contribution < 1.29 is 27.8 Å². The molecule has 0 saturated carbocycles. The SMILES string of the molecule is C#C.C#CC(CC)NC(=O)c1c(O)c2cc(C(F)(F)F)cnc2n(CCN2CCOCC2)c1=O. The summed E-state index contributed by atoms with van der Waals surface area (Å²) >= 11 is 0. The lowest BCUT2D eigenvalue weighted by molar-refractivity contribution is -0.137. The zero-order valence-electron chi connectivity index (χ0n) is 18.6. The number of carbonyl (C=O) groups is 1. The summed E-state index contributed by atoms with van der Waals surface area (Å²) in [6.45, 7) is 4.46. The first-order valence-corrected chi connectivity index (χ1v) is 10.4. The maximum absolute atomic E-state index is 13.2. The van der Waals surface area contributed by atoms with Crippen LogP contribution in [0.1, 0.15) is 29.3 Å². The van der Waals surface area contributed by atoms with Crippen molar-refractivity contribution in [3.63, 3.8) is 0 Å². The Kier molecular flexibility index (Phi) is 9.07. The summed E-state index contributed by atoms with van der Waals surface area (Å²) < 4.78 is 46.1. The summed E-state index contributed by atoms with van der Waals surface area (Å²) in [5, 5.41) is 12.7. The van der Waals surface area contributed by atoms with Crippen molar-refractivity contribution in [3.8, 4) is 30.9 Å². The van der Waals surface area contributed by atoms with Crippen molar-refractivity contribution in [1.82, 2.24) is 19.8 Å². The topological polar surface area (TPSA) is 96.7 Å². The monoisotopic (exact) mass is 478 g/mol. The van der Waals surface area contributed by atoms with E-state index >= 15 is 0 Å². The van der Waals surface area contributed by atoms with Gasteiger partial charge in [-0.05, 0) is 12.5 Å². The Morgan fingerprint density at radius 2 is 1.97 bits per heavy atom. The average Bonchev–Trinajstić information content (AvgIpc) is 2.83. The Morgan fingerprint density at radius 1 is 1.32 bits per heavy atom. The number of ether oxygens (including phenoxy) is 1. The summed E-state index contributed by atoms with van der Waals surface area (Å²) in [5.74, 6) is 0.512. The second-order valence-corrected chi connectivity index (χ2v) is 7.33. The third kappa shape index (κ3) is 5.87. The van der Waals surface area contributed by atoms with Gasteiger partial charge >= 0.3 is 6.18 Å². The smallest absolute Gasteiger partial charge is 0.417 e. The van der Waals surface area contributed by atoms with Crippen molar-refractivity contribution in [1.29, 1.82) is 0 Å². The first-order valence-electron chi connectivity index (χ1n) is 10.4. The molecule has 0 aromatic carbocycles. The highest BCUT2D eigenvalue weighted by Gasteiger charge is 2.33. The van der Waals surface area contributed by atoms with E-state index in [1.54, 1.807) is 6.92 Å². The van der Waals surface area contributed by atoms with Crippen molar-refractivity contribution in [2.45, 2.75) is 32.1 Å². The second kappa shape index (κ2) is 11.5. The molecule has 1 unspecified atom stereocenters. The first-order chi connectivity index (χ1) is 16.2. The Balaban J connectivity index is 0.00000199. The van der Waals surface area contributed by atoms with E-state index < -0.39 is 40.6 Å². The van der Waals surface area contributed by atoms with Crippen LogP contribution in [-0.4, -0.2) is 64.4 Å². The predicted octanol–water partition coefficient (Wildman–Crippen LogP) is 1.84. The molecule has 2 N–H and O–H groups in total. The van der Waals surface area contributed by atoms with Crippen LogP contribution < -0.4 is 10.9 Å². The van der Waals surface area contributed by atoms with E-state index in [1.807, 2.05) is 4.90 Å². The van der Waals surface area contributed by atoms with Gasteiger partial charge in [-0.3, -0.25) is 19.1 Å². The maximum Gasteiger partial charge on any atom is 0.417 e. The van der Waals surface area contributed by atoms with E-state index in [0.29, 0.717) is 51.5 Å². The van der Waals surface area contributed by atoms with Gasteiger partial charge in [-0.1, -0.05) is 12.8 Å². The largest absolute Gasteiger partial charge is 0.506 e. The molecule has 0 bridgehead atoms. The highest BCUT2D eigenvalue weighted by Crippen LogP contribution is 2.33. The van der Waals surface area contributed by atoms with Gasteiger partial charge in [0.25, 0.3) is 11.5 Å². The number of alkyl halides is 3. The third-order valence-electron chi connectivity index (χ3n) is 5.29. The molecule has 3 rings (SSSR count). The minimum absolute atomic E-state index is 0.0562. The van der Waals surface area contributed by atoms with Gasteiger partial charge in [0.05, 0.1) is 30.2 Å². The number of halogens is 3. The molecule has 1 fully saturated rings. The maximum atomic E-state index is 13.2. The number of fused-ring (bicyclic) bond motifs is 1. The van der Waals surface area contributed by atoms with Crippen molar-refractivity contribution >= 4 is 16.9 Å². The fourth-order valence-corrected chi connectivity index (χ4v) is 3.44. The second-order valence-electron chi connectivity index (χ2n) is 7.33. The van der Waals surface area contributed by atoms with Crippen LogP contribution in [0.2, 0.25) is 0 Å². The Hall–Kier alpha value is -3.54. The van der Waals surface area contributed by atoms with Crippen molar-refractivity contribution in [2.24, 2.45) is 0 Å². The quantitative estimate of drug-likeness (QED) is 0.616. The standard InChI is InChI=1S/C21H23F3N4O4.C2H2/c1-3-14(4-2)26-19(30)16-17(29)15-11-13(21(22,23)24)12-25-18(15)28(20(16)31)6-5-27-7-9-32-10-8-27;1-2/h1,11-12,14,29H,4-10H2,2H3,(H,26,30);1-2H. The molecule has 1 atom stereocenters. The van der Waals surface area contributed by atoms with Gasteiger partial charge in [-0.25, -0.2) is 4.98 Å². The van der Waals surface area contributed by atoms with Crippen LogP contribution in [0.3, 0.4) is 0 Å². The molecule has 1 saturated heterocycles. The van der Waals surface area contributed by atoms with E-state index in [2.05, 4.69) is 29.1 Å². The normalized spacial score (nSPS) is 15.1. The van der Waals surface area contributed by atoms with Gasteiger partial charge in [-0.2, -0.15) is 13.2 Å². The number of aromatic hydroxyl groups is 1. The van der Waals surface area contributed by atoms with Gasteiger partial charge in [0.15, 0.2) is 0 Å². The minimum Gasteiger partial charge on any atom is -0.506 e. The fraction of sp³-hybridized carbons (Fsp3) is 0.435. The molecule has 2 aromatic rings. The number of nitrogens with zero attached hydrogens (tertiary/aromatic N) is 3. The third-order valence-corrected chi connectivity index (χ3v) is 5.29. The first kappa shape index (κ1) is 26.7. The summed E-state index contributed by atoms with van der Waals surface area (Å²) in [5.41, 5.74) is -2.79. The molecule has 1 aliphatic rings. The molecule has 1 amide bonds. The number of nitrogens with one attached hydrogen (secondary N) is 1. The minimum atomic E-state index is -4.72. The van der Waals surface area contributed by atoms with Gasteiger partial charge in [0.2, 0.25) is 0 Å². The number of terminal acetylenes is 2. The number of rotatable bonds is 6. The summed E-state index contributed by atoms with van der Waals surface area (Å²) in [6, 6.07) is -0.0316. The van der Waals surface area contributed by atoms with Gasteiger partial charge in [0, 0.05) is 32.4 Å². The molecular weight excluding hydrogens is 453 g/mol. The Morgan fingerprint density at radius 3 is 2.53 bits per heavy atom. The van der Waals surface area contributed by atoms with Crippen LogP contribution in [0.4, 0.5) is 13.2 Å². The van der Waals surface area contributed by atoms with Gasteiger partial charge < -0.3 is 15.2 Å². The number of morpholine rings is 1. The highest BCUT2D eigenvalue weighted by atomic mass is 19.4. The van der Waals surface area contributed by atoms with Crippen molar-refractivity contribution in [3.05, 3.63) is 33.7 Å². The van der Waals surface area contributed by atoms with Crippen LogP contribution in [0.5, 0.6) is 5.75 Å². The Labute approximate surface area is 194 Å². The van der Waals surface area contributed by atoms with E-state index in [0.717, 1.165) is 4.57 Å². The molecule has 0 spiro atoms. The summed E-state index contributed by atoms with van der Waals surface area (Å²) in [7, 11) is 0. The van der Waals surface area contributed by atoms with E-state index in [4.69, 9.17) is 11.2 Å². The zero-order valence-corrected chi connectivity index (χ0v) is 18.6. The molecule has 34 heavy (non-hydrogen) atoms. The highest BCUT2D eigenvalue weighted by molar-refractivity contribution is 6.02. The Bertz CT molecular complexity index is 1150. The van der Waals surface area contributed by atoms with Crippen LogP contribution in [0, 0.1) is 25.2 Å². The molecule has 2 aromatic heterocycles. The van der Waals surface area contributed by atoms with Crippen LogP contribution >= 0.6 is 0 Å². The van der Waals surface area contributed by atoms with Crippen LogP contribution in [0.25, 0.3) is 11.0 Å². The number of hydrogen-bond acceptors (Lipinski definition) is 6. The molecule has 11 heteroatoms. The lowest BCUT2D eigenvalue weighted by atomic mass is 10.1. The van der Waals surface area contributed by atoms with Gasteiger partial charge in [0.1, 0.15) is 17.0 Å². The molecule has 182 valence electrons. The van der Waals surface area contributed by atoms with Crippen LogP contribution in [-0.2, 0) is 17.5 Å². The van der Waals surface area contributed by atoms with E-state index in [-0.39, 0.29) is 17.6 Å². The lowest BCUT2D eigenvalue weighted by Gasteiger charge is -2.27. The van der Waals surface area contributed by atoms with E-state index in [1.165, 1.54) is 0 Å². The zero-order chi connectivity index (χ0) is 25.5. The van der Waals surface area contributed by atoms with Crippen LogP contribution in [0.15, 0.2) is 17.1 Å². The molecular formula is C23H25F3N4O4. The predicted molar refractivity (Wildman–Crippen MR) is 120 cm³/mol. The molecule has 0 aliphatic carbocycles. The molecule has 1 aliphatic heterocycles. The number of amides is 1. The average molecular weight is 478 g/mol. The van der Waals surface area contributed by atoms with Gasteiger partial charge in [-0.15, -0.1) is 19.3 Å². The summed E-state index contributed by atoms with van der Waals surface area (Å²) in [6.07, 6.45) is 9.58. The molecule has 8 nitrogen and oxygen atoms in total. The molecule has 3 heterocycles. The molecule has 0 radical (unpaired) electrons. The fourth-order valence-electron chi connectivity index (χ4n) is 3.44. The number of pyridine rings is 2. The lowest BCUT2D eigenvalue weighted by Crippen LogP contribution is -2.41. The van der Waals surface area contributed by atoms with Crippen molar-refractivity contribution in [2.75, 3.05) is 32.8 Å². The number of aromatic nitrogens is 2. The number of carbonyl (C=O) groups excluding carboxylic acids is 1. The summed E-state index contributed by atoms with van der Waals surface area (Å²) in [4.78, 5) is 31.7. The van der Waals surface area contributed by atoms with E-state index in [9.17, 15) is 27.9 Å².